The molecule has 0 spiro atoms. The Kier molecular flexibility index (Phi) is 6.22. The third kappa shape index (κ3) is 4.09. The molecule has 0 saturated carbocycles. The van der Waals surface area contributed by atoms with Crippen molar-refractivity contribution in [1.29, 1.82) is 0 Å². The Morgan fingerprint density at radius 1 is 1.33 bits per heavy atom. The van der Waals surface area contributed by atoms with Crippen molar-refractivity contribution in [3.8, 4) is 0 Å². The monoisotopic (exact) mass is 215 g/mol. The van der Waals surface area contributed by atoms with Crippen LogP contribution in [0.4, 0.5) is 0 Å². The van der Waals surface area contributed by atoms with Gasteiger partial charge >= 0.3 is 0 Å². The fourth-order valence-electron chi connectivity index (χ4n) is 2.28. The summed E-state index contributed by atoms with van der Waals surface area (Å²) in [5, 5.41) is 3.53. The predicted octanol–water partition coefficient (Wildman–Crippen LogP) is 1.82. The van der Waals surface area contributed by atoms with Crippen molar-refractivity contribution >= 4 is 0 Å². The average molecular weight is 215 g/mol. The molecule has 1 aliphatic heterocycles. The minimum Gasteiger partial charge on any atom is -0.376 e. The third-order valence-electron chi connectivity index (χ3n) is 3.04. The van der Waals surface area contributed by atoms with E-state index in [4.69, 9.17) is 9.47 Å². The summed E-state index contributed by atoms with van der Waals surface area (Å²) >= 11 is 0. The van der Waals surface area contributed by atoms with E-state index in [0.717, 1.165) is 26.4 Å². The lowest BCUT2D eigenvalue weighted by atomic mass is 9.92. The van der Waals surface area contributed by atoms with Gasteiger partial charge in [0.05, 0.1) is 25.9 Å². The lowest BCUT2D eigenvalue weighted by molar-refractivity contribution is -0.108. The SMILES string of the molecule is CCCC(C)C(NCC)C1COCCO1. The first-order valence-corrected chi connectivity index (χ1v) is 6.22. The van der Waals surface area contributed by atoms with Crippen LogP contribution in [0.5, 0.6) is 0 Å². The normalized spacial score (nSPS) is 26.2. The van der Waals surface area contributed by atoms with E-state index in [1.807, 2.05) is 0 Å². The number of rotatable bonds is 6. The van der Waals surface area contributed by atoms with Gasteiger partial charge in [-0.25, -0.2) is 0 Å². The largest absolute Gasteiger partial charge is 0.376 e. The van der Waals surface area contributed by atoms with Crippen LogP contribution in [-0.4, -0.2) is 38.5 Å². The number of likely N-dealkylation sites (N-methyl/N-ethyl adjacent to an activating group) is 1. The molecule has 3 nitrogen and oxygen atoms in total. The van der Waals surface area contributed by atoms with Crippen LogP contribution in [0.15, 0.2) is 0 Å². The highest BCUT2D eigenvalue weighted by atomic mass is 16.6. The summed E-state index contributed by atoms with van der Waals surface area (Å²) < 4.78 is 11.2. The van der Waals surface area contributed by atoms with Crippen molar-refractivity contribution in [2.75, 3.05) is 26.4 Å². The van der Waals surface area contributed by atoms with Crippen LogP contribution in [0.25, 0.3) is 0 Å². The lowest BCUT2D eigenvalue weighted by Gasteiger charge is -2.34. The minimum absolute atomic E-state index is 0.236. The van der Waals surface area contributed by atoms with Crippen molar-refractivity contribution in [2.24, 2.45) is 5.92 Å². The van der Waals surface area contributed by atoms with E-state index in [-0.39, 0.29) is 6.10 Å². The number of hydrogen-bond donors (Lipinski definition) is 1. The van der Waals surface area contributed by atoms with Crippen LogP contribution < -0.4 is 5.32 Å². The molecule has 3 unspecified atom stereocenters. The molecule has 0 bridgehead atoms. The molecule has 1 saturated heterocycles. The van der Waals surface area contributed by atoms with E-state index in [1.165, 1.54) is 12.8 Å². The summed E-state index contributed by atoms with van der Waals surface area (Å²) in [6.07, 6.45) is 2.72. The van der Waals surface area contributed by atoms with Crippen molar-refractivity contribution in [2.45, 2.75) is 45.8 Å². The fraction of sp³-hybridized carbons (Fsp3) is 1.00. The molecule has 3 heteroatoms. The summed E-state index contributed by atoms with van der Waals surface area (Å²) in [5.41, 5.74) is 0. The van der Waals surface area contributed by atoms with Gasteiger partial charge in [0.15, 0.2) is 0 Å². The molecule has 0 aliphatic carbocycles. The average Bonchev–Trinajstić information content (AvgIpc) is 2.27. The summed E-state index contributed by atoms with van der Waals surface area (Å²) in [6.45, 7) is 9.91. The Morgan fingerprint density at radius 3 is 2.67 bits per heavy atom. The molecule has 1 fully saturated rings. The summed E-state index contributed by atoms with van der Waals surface area (Å²) in [6, 6.07) is 0.440. The molecule has 0 amide bonds. The Bertz CT molecular complexity index is 158. The van der Waals surface area contributed by atoms with Gasteiger partial charge in [-0.3, -0.25) is 0 Å². The summed E-state index contributed by atoms with van der Waals surface area (Å²) in [5.74, 6) is 0.654. The smallest absolute Gasteiger partial charge is 0.0964 e. The van der Waals surface area contributed by atoms with Crippen LogP contribution >= 0.6 is 0 Å². The van der Waals surface area contributed by atoms with Crippen LogP contribution in [0.1, 0.15) is 33.6 Å². The third-order valence-corrected chi connectivity index (χ3v) is 3.04. The highest BCUT2D eigenvalue weighted by molar-refractivity contribution is 4.82. The van der Waals surface area contributed by atoms with Crippen molar-refractivity contribution in [3.05, 3.63) is 0 Å². The molecule has 1 heterocycles. The molecular weight excluding hydrogens is 190 g/mol. The highest BCUT2D eigenvalue weighted by Gasteiger charge is 2.28. The van der Waals surface area contributed by atoms with Gasteiger partial charge in [-0.15, -0.1) is 0 Å². The lowest BCUT2D eigenvalue weighted by Crippen LogP contribution is -2.50. The zero-order chi connectivity index (χ0) is 11.1. The van der Waals surface area contributed by atoms with Crippen LogP contribution in [-0.2, 0) is 9.47 Å². The number of ether oxygens (including phenoxy) is 2. The fourth-order valence-corrected chi connectivity index (χ4v) is 2.28. The van der Waals surface area contributed by atoms with Gasteiger partial charge in [-0.1, -0.05) is 27.2 Å². The van der Waals surface area contributed by atoms with Crippen molar-refractivity contribution in [3.63, 3.8) is 0 Å². The number of hydrogen-bond acceptors (Lipinski definition) is 3. The van der Waals surface area contributed by atoms with Crippen molar-refractivity contribution in [1.82, 2.24) is 5.32 Å². The van der Waals surface area contributed by atoms with Gasteiger partial charge in [0.2, 0.25) is 0 Å². The minimum atomic E-state index is 0.236. The second-order valence-corrected chi connectivity index (χ2v) is 4.33. The molecule has 15 heavy (non-hydrogen) atoms. The van der Waals surface area contributed by atoms with E-state index in [1.54, 1.807) is 0 Å². The molecule has 1 rings (SSSR count). The molecule has 0 aromatic heterocycles. The van der Waals surface area contributed by atoms with Gasteiger partial charge in [0.1, 0.15) is 0 Å². The Hall–Kier alpha value is -0.120. The number of nitrogens with one attached hydrogen (secondary N) is 1. The zero-order valence-corrected chi connectivity index (χ0v) is 10.3. The second-order valence-electron chi connectivity index (χ2n) is 4.33. The highest BCUT2D eigenvalue weighted by Crippen LogP contribution is 2.18. The second kappa shape index (κ2) is 7.20. The van der Waals surface area contributed by atoms with Crippen LogP contribution in [0, 0.1) is 5.92 Å². The molecule has 0 aromatic carbocycles. The summed E-state index contributed by atoms with van der Waals surface area (Å²) in [4.78, 5) is 0. The molecule has 1 N–H and O–H groups in total. The quantitative estimate of drug-likeness (QED) is 0.733. The van der Waals surface area contributed by atoms with Crippen LogP contribution in [0.3, 0.4) is 0 Å². The first kappa shape index (κ1) is 12.9. The van der Waals surface area contributed by atoms with E-state index in [0.29, 0.717) is 12.0 Å². The molecule has 0 aromatic rings. The first-order valence-electron chi connectivity index (χ1n) is 6.22. The maximum Gasteiger partial charge on any atom is 0.0964 e. The molecule has 0 radical (unpaired) electrons. The van der Waals surface area contributed by atoms with Gasteiger partial charge in [-0.05, 0) is 18.9 Å². The molecule has 3 atom stereocenters. The maximum absolute atomic E-state index is 5.77. The van der Waals surface area contributed by atoms with E-state index >= 15 is 0 Å². The Labute approximate surface area is 93.5 Å². The molecule has 1 aliphatic rings. The summed E-state index contributed by atoms with van der Waals surface area (Å²) in [7, 11) is 0. The topological polar surface area (TPSA) is 30.5 Å². The molecular formula is C12H25NO2. The van der Waals surface area contributed by atoms with Gasteiger partial charge in [0, 0.05) is 6.04 Å². The van der Waals surface area contributed by atoms with Gasteiger partial charge < -0.3 is 14.8 Å². The van der Waals surface area contributed by atoms with E-state index < -0.39 is 0 Å². The Balaban J connectivity index is 2.46. The van der Waals surface area contributed by atoms with E-state index in [2.05, 4.69) is 26.1 Å². The maximum atomic E-state index is 5.77. The zero-order valence-electron chi connectivity index (χ0n) is 10.3. The first-order chi connectivity index (χ1) is 7.29. The van der Waals surface area contributed by atoms with Crippen LogP contribution in [0.2, 0.25) is 0 Å². The Morgan fingerprint density at radius 2 is 2.13 bits per heavy atom. The van der Waals surface area contributed by atoms with Gasteiger partial charge in [0.25, 0.3) is 0 Å². The standard InChI is InChI=1S/C12H25NO2/c1-4-6-10(3)12(13-5-2)11-9-14-7-8-15-11/h10-13H,4-9H2,1-3H3. The molecule has 90 valence electrons. The van der Waals surface area contributed by atoms with Gasteiger partial charge in [-0.2, -0.15) is 0 Å². The van der Waals surface area contributed by atoms with Crippen molar-refractivity contribution < 1.29 is 9.47 Å². The predicted molar refractivity (Wildman–Crippen MR) is 62.1 cm³/mol. The van der Waals surface area contributed by atoms with E-state index in [9.17, 15) is 0 Å².